The highest BCUT2D eigenvalue weighted by Crippen LogP contribution is 2.27. The Labute approximate surface area is 126 Å². The lowest BCUT2D eigenvalue weighted by molar-refractivity contribution is 0.00550. The van der Waals surface area contributed by atoms with Gasteiger partial charge in [-0.15, -0.1) is 0 Å². The molecule has 2 heterocycles. The highest BCUT2D eigenvalue weighted by atomic mass is 19.3. The van der Waals surface area contributed by atoms with Gasteiger partial charge in [0.1, 0.15) is 0 Å². The Balaban J connectivity index is 1.62. The summed E-state index contributed by atoms with van der Waals surface area (Å²) in [7, 11) is 0. The van der Waals surface area contributed by atoms with Crippen LogP contribution in [0.2, 0.25) is 0 Å². The fraction of sp³-hybridized carbons (Fsp3) is 0.467. The van der Waals surface area contributed by atoms with Crippen LogP contribution >= 0.6 is 0 Å². The number of aliphatic hydroxyl groups excluding tert-OH is 1. The van der Waals surface area contributed by atoms with Gasteiger partial charge in [0.15, 0.2) is 0 Å². The van der Waals surface area contributed by atoms with Gasteiger partial charge in [-0.2, -0.15) is 0 Å². The van der Waals surface area contributed by atoms with Crippen LogP contribution in [0.1, 0.15) is 27.1 Å². The number of rotatable bonds is 4. The summed E-state index contributed by atoms with van der Waals surface area (Å²) in [4.78, 5) is 26.7. The Bertz CT molecular complexity index is 586. The summed E-state index contributed by atoms with van der Waals surface area (Å²) in [6.45, 7) is -0.365. The van der Waals surface area contributed by atoms with Crippen LogP contribution in [-0.2, 0) is 0 Å². The molecule has 1 fully saturated rings. The summed E-state index contributed by atoms with van der Waals surface area (Å²) in [5.41, 5.74) is 0.625. The van der Waals surface area contributed by atoms with E-state index in [0.717, 1.165) is 4.90 Å². The number of alkyl halides is 2. The van der Waals surface area contributed by atoms with Gasteiger partial charge >= 0.3 is 0 Å². The molecule has 1 aromatic carbocycles. The molecule has 0 aliphatic carbocycles. The van der Waals surface area contributed by atoms with E-state index in [0.29, 0.717) is 11.1 Å². The molecular formula is C15H16F2N2O3. The van der Waals surface area contributed by atoms with Crippen molar-refractivity contribution >= 4 is 11.8 Å². The summed E-state index contributed by atoms with van der Waals surface area (Å²) in [5, 5.41) is 10.0. The number of hydrogen-bond acceptors (Lipinski definition) is 4. The molecule has 2 aliphatic heterocycles. The van der Waals surface area contributed by atoms with Crippen molar-refractivity contribution in [2.75, 3.05) is 26.2 Å². The minimum atomic E-state index is -2.73. The number of amides is 2. The molecule has 118 valence electrons. The van der Waals surface area contributed by atoms with E-state index in [1.807, 2.05) is 0 Å². The molecule has 1 atom stereocenters. The van der Waals surface area contributed by atoms with Crippen molar-refractivity contribution in [3.8, 4) is 0 Å². The molecule has 5 nitrogen and oxygen atoms in total. The van der Waals surface area contributed by atoms with Gasteiger partial charge in [-0.1, -0.05) is 12.1 Å². The second kappa shape index (κ2) is 5.40. The third-order valence-electron chi connectivity index (χ3n) is 3.99. The largest absolute Gasteiger partial charge is 0.390 e. The van der Waals surface area contributed by atoms with Gasteiger partial charge in [0.05, 0.1) is 30.3 Å². The Kier molecular flexibility index (Phi) is 3.70. The van der Waals surface area contributed by atoms with Crippen LogP contribution in [0.5, 0.6) is 0 Å². The van der Waals surface area contributed by atoms with Crippen molar-refractivity contribution < 1.29 is 23.5 Å². The van der Waals surface area contributed by atoms with E-state index >= 15 is 0 Å². The first-order valence-corrected chi connectivity index (χ1v) is 7.11. The second-order valence-corrected chi connectivity index (χ2v) is 5.76. The van der Waals surface area contributed by atoms with E-state index in [9.17, 15) is 23.5 Å². The molecular weight excluding hydrogens is 294 g/mol. The number of imide groups is 1. The van der Waals surface area contributed by atoms with Crippen molar-refractivity contribution in [2.24, 2.45) is 0 Å². The Morgan fingerprint density at radius 1 is 1.14 bits per heavy atom. The predicted molar refractivity (Wildman–Crippen MR) is 73.8 cm³/mol. The van der Waals surface area contributed by atoms with E-state index in [-0.39, 0.29) is 26.1 Å². The smallest absolute Gasteiger partial charge is 0.261 e. The third kappa shape index (κ3) is 2.74. The molecule has 7 heteroatoms. The molecule has 1 saturated heterocycles. The molecule has 0 radical (unpaired) electrons. The quantitative estimate of drug-likeness (QED) is 0.842. The van der Waals surface area contributed by atoms with Crippen LogP contribution in [0.4, 0.5) is 8.78 Å². The molecule has 0 aromatic heterocycles. The monoisotopic (exact) mass is 310 g/mol. The number of likely N-dealkylation sites (tertiary alicyclic amines) is 1. The Hall–Kier alpha value is -1.86. The number of fused-ring (bicyclic) bond motifs is 1. The fourth-order valence-electron chi connectivity index (χ4n) is 2.93. The topological polar surface area (TPSA) is 60.9 Å². The predicted octanol–water partition coefficient (Wildman–Crippen LogP) is 0.984. The lowest BCUT2D eigenvalue weighted by atomic mass is 10.1. The Morgan fingerprint density at radius 3 is 2.23 bits per heavy atom. The summed E-state index contributed by atoms with van der Waals surface area (Å²) in [6, 6.07) is 6.44. The van der Waals surface area contributed by atoms with Crippen LogP contribution in [-0.4, -0.2) is 64.9 Å². The number of halogens is 2. The van der Waals surface area contributed by atoms with Crippen molar-refractivity contribution in [1.82, 2.24) is 9.80 Å². The zero-order valence-corrected chi connectivity index (χ0v) is 11.8. The number of β-amino-alcohol motifs (C(OH)–C–C–N with tert-alkyl or cyclic N) is 1. The maximum Gasteiger partial charge on any atom is 0.261 e. The molecule has 0 spiro atoms. The SMILES string of the molecule is O=C1c2ccccc2C(=O)N1CC(O)CN1CCC(F)(F)C1. The zero-order chi connectivity index (χ0) is 15.9. The minimum Gasteiger partial charge on any atom is -0.390 e. The molecule has 0 saturated carbocycles. The van der Waals surface area contributed by atoms with Gasteiger partial charge in [0.2, 0.25) is 0 Å². The maximum atomic E-state index is 13.1. The molecule has 3 rings (SSSR count). The summed E-state index contributed by atoms with van der Waals surface area (Å²) >= 11 is 0. The second-order valence-electron chi connectivity index (χ2n) is 5.76. The lowest BCUT2D eigenvalue weighted by Crippen LogP contribution is -2.42. The summed E-state index contributed by atoms with van der Waals surface area (Å²) < 4.78 is 26.2. The van der Waals surface area contributed by atoms with E-state index < -0.39 is 30.4 Å². The van der Waals surface area contributed by atoms with Crippen LogP contribution < -0.4 is 0 Å². The average Bonchev–Trinajstić information content (AvgIpc) is 2.92. The highest BCUT2D eigenvalue weighted by Gasteiger charge is 2.40. The number of nitrogens with zero attached hydrogens (tertiary/aromatic N) is 2. The van der Waals surface area contributed by atoms with E-state index in [2.05, 4.69) is 0 Å². The molecule has 1 N–H and O–H groups in total. The summed E-state index contributed by atoms with van der Waals surface area (Å²) in [5.74, 6) is -3.63. The third-order valence-corrected chi connectivity index (χ3v) is 3.99. The fourth-order valence-corrected chi connectivity index (χ4v) is 2.93. The molecule has 1 aromatic rings. The van der Waals surface area contributed by atoms with Gasteiger partial charge in [0.25, 0.3) is 17.7 Å². The van der Waals surface area contributed by atoms with Gasteiger partial charge in [0, 0.05) is 19.5 Å². The van der Waals surface area contributed by atoms with Crippen molar-refractivity contribution in [1.29, 1.82) is 0 Å². The van der Waals surface area contributed by atoms with E-state index in [4.69, 9.17) is 0 Å². The number of carbonyl (C=O) groups excluding carboxylic acids is 2. The number of aliphatic hydroxyl groups is 1. The molecule has 1 unspecified atom stereocenters. The molecule has 2 aliphatic rings. The van der Waals surface area contributed by atoms with Gasteiger partial charge in [-0.3, -0.25) is 19.4 Å². The van der Waals surface area contributed by atoms with Crippen LogP contribution in [0.25, 0.3) is 0 Å². The van der Waals surface area contributed by atoms with Crippen LogP contribution in [0.15, 0.2) is 24.3 Å². The minimum absolute atomic E-state index is 0.0169. The number of carbonyl (C=O) groups is 2. The van der Waals surface area contributed by atoms with E-state index in [1.165, 1.54) is 4.90 Å². The number of hydrogen-bond donors (Lipinski definition) is 1. The van der Waals surface area contributed by atoms with Crippen molar-refractivity contribution in [2.45, 2.75) is 18.4 Å². The summed E-state index contributed by atoms with van der Waals surface area (Å²) in [6.07, 6.45) is -1.27. The normalized spacial score (nSPS) is 22.2. The van der Waals surface area contributed by atoms with Gasteiger partial charge < -0.3 is 5.11 Å². The number of benzene rings is 1. The van der Waals surface area contributed by atoms with Crippen LogP contribution in [0.3, 0.4) is 0 Å². The lowest BCUT2D eigenvalue weighted by Gasteiger charge is -2.23. The molecule has 2 amide bonds. The van der Waals surface area contributed by atoms with Crippen molar-refractivity contribution in [3.05, 3.63) is 35.4 Å². The first-order valence-electron chi connectivity index (χ1n) is 7.11. The van der Waals surface area contributed by atoms with Gasteiger partial charge in [-0.25, -0.2) is 8.78 Å². The zero-order valence-electron chi connectivity index (χ0n) is 11.8. The first-order chi connectivity index (χ1) is 10.4. The highest BCUT2D eigenvalue weighted by molar-refractivity contribution is 6.21. The van der Waals surface area contributed by atoms with Crippen LogP contribution in [0, 0.1) is 0 Å². The van der Waals surface area contributed by atoms with Gasteiger partial charge in [-0.05, 0) is 12.1 Å². The standard InChI is InChI=1S/C15H16F2N2O3/c16-15(17)5-6-18(9-15)7-10(20)8-19-13(21)11-3-1-2-4-12(11)14(19)22/h1-4,10,20H,5-9H2. The van der Waals surface area contributed by atoms with Crippen molar-refractivity contribution in [3.63, 3.8) is 0 Å². The maximum absolute atomic E-state index is 13.1. The molecule has 22 heavy (non-hydrogen) atoms. The van der Waals surface area contributed by atoms with E-state index in [1.54, 1.807) is 24.3 Å². The average molecular weight is 310 g/mol. The Morgan fingerprint density at radius 2 is 1.73 bits per heavy atom. The first kappa shape index (κ1) is 15.1. The molecule has 0 bridgehead atoms.